The summed E-state index contributed by atoms with van der Waals surface area (Å²) >= 11 is 0. The maximum absolute atomic E-state index is 13.0. The zero-order valence-corrected chi connectivity index (χ0v) is 18.1. The molecule has 0 aliphatic rings. The average molecular weight is 443 g/mol. The van der Waals surface area contributed by atoms with Gasteiger partial charge in [-0.3, -0.25) is 9.10 Å². The number of carbonyl (C=O) groups is 1. The normalized spacial score (nSPS) is 13.0. The van der Waals surface area contributed by atoms with Gasteiger partial charge in [-0.05, 0) is 55.2 Å². The van der Waals surface area contributed by atoms with Gasteiger partial charge in [-0.1, -0.05) is 31.2 Å². The van der Waals surface area contributed by atoms with Crippen molar-refractivity contribution in [1.29, 1.82) is 0 Å². The molecule has 0 spiro atoms. The number of carbonyl (C=O) groups excluding carboxylic acids is 1. The van der Waals surface area contributed by atoms with Crippen LogP contribution in [0.1, 0.15) is 41.6 Å². The van der Waals surface area contributed by atoms with Gasteiger partial charge >= 0.3 is 6.18 Å². The quantitative estimate of drug-likeness (QED) is 0.693. The van der Waals surface area contributed by atoms with Crippen LogP contribution in [0.15, 0.2) is 42.5 Å². The van der Waals surface area contributed by atoms with Gasteiger partial charge in [-0.2, -0.15) is 13.2 Å². The molecule has 9 heteroatoms. The molecule has 1 amide bonds. The van der Waals surface area contributed by atoms with Gasteiger partial charge < -0.3 is 5.32 Å². The number of alkyl halides is 3. The number of sulfonamides is 1. The fourth-order valence-electron chi connectivity index (χ4n) is 3.01. The van der Waals surface area contributed by atoms with Gasteiger partial charge in [0.2, 0.25) is 15.9 Å². The van der Waals surface area contributed by atoms with E-state index in [1.54, 1.807) is 0 Å². The molecule has 0 heterocycles. The van der Waals surface area contributed by atoms with Gasteiger partial charge in [0.05, 0.1) is 23.5 Å². The highest BCUT2D eigenvalue weighted by Gasteiger charge is 2.32. The molecule has 2 aromatic rings. The minimum Gasteiger partial charge on any atom is -0.348 e. The average Bonchev–Trinajstić information content (AvgIpc) is 2.65. The first-order valence-electron chi connectivity index (χ1n) is 9.34. The Hall–Kier alpha value is -2.55. The number of rotatable bonds is 7. The Kier molecular flexibility index (Phi) is 7.18. The summed E-state index contributed by atoms with van der Waals surface area (Å²) in [5.74, 6) is -0.608. The lowest BCUT2D eigenvalue weighted by molar-refractivity contribution is -0.137. The van der Waals surface area contributed by atoms with Crippen LogP contribution in [0.3, 0.4) is 0 Å². The van der Waals surface area contributed by atoms with E-state index in [1.807, 2.05) is 39.0 Å². The number of nitrogens with zero attached hydrogens (tertiary/aromatic N) is 1. The SMILES string of the molecule is CCC(NC(=O)CN(c1cccc(C(F)(F)F)c1)S(C)(=O)=O)c1ccc(C)c(C)c1. The number of hydrogen-bond acceptors (Lipinski definition) is 3. The van der Waals surface area contributed by atoms with E-state index in [2.05, 4.69) is 5.32 Å². The van der Waals surface area contributed by atoms with Crippen LogP contribution in [-0.4, -0.2) is 27.1 Å². The summed E-state index contributed by atoms with van der Waals surface area (Å²) in [4.78, 5) is 12.6. The molecule has 0 bridgehead atoms. The van der Waals surface area contributed by atoms with E-state index in [0.29, 0.717) is 10.7 Å². The summed E-state index contributed by atoms with van der Waals surface area (Å²) in [6.45, 7) is 5.17. The largest absolute Gasteiger partial charge is 0.416 e. The fraction of sp³-hybridized carbons (Fsp3) is 0.381. The second-order valence-corrected chi connectivity index (χ2v) is 9.10. The summed E-state index contributed by atoms with van der Waals surface area (Å²) in [5.41, 5.74) is 1.82. The molecule has 0 aliphatic heterocycles. The van der Waals surface area contributed by atoms with Gasteiger partial charge in [0.25, 0.3) is 0 Å². The Bertz CT molecular complexity index is 1020. The number of aryl methyl sites for hydroxylation is 2. The Balaban J connectivity index is 2.26. The minimum absolute atomic E-state index is 0.221. The highest BCUT2D eigenvalue weighted by atomic mass is 32.2. The smallest absolute Gasteiger partial charge is 0.348 e. The lowest BCUT2D eigenvalue weighted by Crippen LogP contribution is -2.41. The Morgan fingerprint density at radius 3 is 2.30 bits per heavy atom. The van der Waals surface area contributed by atoms with Crippen molar-refractivity contribution in [3.05, 3.63) is 64.7 Å². The molecular weight excluding hydrogens is 417 g/mol. The van der Waals surface area contributed by atoms with Crippen molar-refractivity contribution in [2.75, 3.05) is 17.1 Å². The monoisotopic (exact) mass is 442 g/mol. The molecule has 0 fully saturated rings. The second kappa shape index (κ2) is 9.07. The highest BCUT2D eigenvalue weighted by Crippen LogP contribution is 2.32. The van der Waals surface area contributed by atoms with Crippen molar-refractivity contribution < 1.29 is 26.4 Å². The molecule has 2 rings (SSSR count). The van der Waals surface area contributed by atoms with Gasteiger partial charge in [0, 0.05) is 0 Å². The maximum atomic E-state index is 13.0. The van der Waals surface area contributed by atoms with Gasteiger partial charge in [-0.15, -0.1) is 0 Å². The van der Waals surface area contributed by atoms with Crippen LogP contribution >= 0.6 is 0 Å². The molecule has 164 valence electrons. The van der Waals surface area contributed by atoms with E-state index in [9.17, 15) is 26.4 Å². The van der Waals surface area contributed by atoms with E-state index in [-0.39, 0.29) is 11.7 Å². The van der Waals surface area contributed by atoms with Crippen LogP contribution in [0.4, 0.5) is 18.9 Å². The minimum atomic E-state index is -4.63. The number of halogens is 3. The standard InChI is InChI=1S/C21H25F3N2O3S/c1-5-19(16-10-9-14(2)15(3)11-16)25-20(27)13-26(30(4,28)29)18-8-6-7-17(12-18)21(22,23)24/h6-12,19H,5,13H2,1-4H3,(H,25,27). The number of amides is 1. The fourth-order valence-corrected chi connectivity index (χ4v) is 3.86. The van der Waals surface area contributed by atoms with E-state index in [1.165, 1.54) is 6.07 Å². The summed E-state index contributed by atoms with van der Waals surface area (Å²) in [6.07, 6.45) is -3.21. The Labute approximate surface area is 175 Å². The third-order valence-corrected chi connectivity index (χ3v) is 5.97. The molecule has 1 atom stereocenters. The molecule has 1 unspecified atom stereocenters. The Morgan fingerprint density at radius 1 is 1.10 bits per heavy atom. The summed E-state index contributed by atoms with van der Waals surface area (Å²) in [6, 6.07) is 9.32. The van der Waals surface area contributed by atoms with Crippen LogP contribution in [-0.2, 0) is 21.0 Å². The zero-order chi connectivity index (χ0) is 22.7. The maximum Gasteiger partial charge on any atom is 0.416 e. The Morgan fingerprint density at radius 2 is 1.77 bits per heavy atom. The highest BCUT2D eigenvalue weighted by molar-refractivity contribution is 7.92. The predicted octanol–water partition coefficient (Wildman–Crippen LogP) is 4.36. The third-order valence-electron chi connectivity index (χ3n) is 4.83. The first-order valence-corrected chi connectivity index (χ1v) is 11.2. The molecule has 0 aliphatic carbocycles. The van der Waals surface area contributed by atoms with Crippen LogP contribution in [0.5, 0.6) is 0 Å². The van der Waals surface area contributed by atoms with Crippen molar-refractivity contribution in [3.8, 4) is 0 Å². The van der Waals surface area contributed by atoms with Crippen molar-refractivity contribution in [2.24, 2.45) is 0 Å². The van der Waals surface area contributed by atoms with E-state index in [4.69, 9.17) is 0 Å². The molecule has 0 aromatic heterocycles. The van der Waals surface area contributed by atoms with Crippen molar-refractivity contribution >= 4 is 21.6 Å². The van der Waals surface area contributed by atoms with E-state index < -0.39 is 34.2 Å². The van der Waals surface area contributed by atoms with Crippen LogP contribution < -0.4 is 9.62 Å². The molecule has 1 N–H and O–H groups in total. The predicted molar refractivity (Wildman–Crippen MR) is 111 cm³/mol. The molecule has 5 nitrogen and oxygen atoms in total. The van der Waals surface area contributed by atoms with Crippen LogP contribution in [0.2, 0.25) is 0 Å². The van der Waals surface area contributed by atoms with Crippen molar-refractivity contribution in [1.82, 2.24) is 5.32 Å². The first kappa shape index (κ1) is 23.7. The van der Waals surface area contributed by atoms with Gasteiger partial charge in [-0.25, -0.2) is 8.42 Å². The lowest BCUT2D eigenvalue weighted by atomic mass is 9.99. The van der Waals surface area contributed by atoms with Crippen molar-refractivity contribution in [3.63, 3.8) is 0 Å². The molecule has 0 saturated heterocycles. The molecule has 0 radical (unpaired) electrons. The number of nitrogens with one attached hydrogen (secondary N) is 1. The number of anilines is 1. The summed E-state index contributed by atoms with van der Waals surface area (Å²) in [7, 11) is -3.99. The summed E-state index contributed by atoms with van der Waals surface area (Å²) in [5, 5.41) is 2.78. The molecule has 2 aromatic carbocycles. The lowest BCUT2D eigenvalue weighted by Gasteiger charge is -2.25. The first-order chi connectivity index (χ1) is 13.8. The number of benzene rings is 2. The van der Waals surface area contributed by atoms with E-state index in [0.717, 1.165) is 41.1 Å². The zero-order valence-electron chi connectivity index (χ0n) is 17.2. The van der Waals surface area contributed by atoms with Gasteiger partial charge in [0.15, 0.2) is 0 Å². The summed E-state index contributed by atoms with van der Waals surface area (Å²) < 4.78 is 64.1. The third kappa shape index (κ3) is 5.98. The van der Waals surface area contributed by atoms with Crippen LogP contribution in [0.25, 0.3) is 0 Å². The van der Waals surface area contributed by atoms with Crippen LogP contribution in [0, 0.1) is 13.8 Å². The van der Waals surface area contributed by atoms with Gasteiger partial charge in [0.1, 0.15) is 6.54 Å². The van der Waals surface area contributed by atoms with E-state index >= 15 is 0 Å². The topological polar surface area (TPSA) is 66.5 Å². The van der Waals surface area contributed by atoms with Crippen molar-refractivity contribution in [2.45, 2.75) is 39.4 Å². The molecular formula is C21H25F3N2O3S. The molecule has 0 saturated carbocycles. The second-order valence-electron chi connectivity index (χ2n) is 7.19. The molecule has 30 heavy (non-hydrogen) atoms. The number of hydrogen-bond donors (Lipinski definition) is 1.